The van der Waals surface area contributed by atoms with Gasteiger partial charge in [-0.15, -0.1) is 0 Å². The predicted molar refractivity (Wildman–Crippen MR) is 168 cm³/mol. The van der Waals surface area contributed by atoms with E-state index < -0.39 is 29.6 Å². The fourth-order valence-electron chi connectivity index (χ4n) is 5.52. The number of nitrogens with one attached hydrogen (secondary N) is 1. The van der Waals surface area contributed by atoms with Crippen LogP contribution in [0.4, 0.5) is 4.39 Å². The van der Waals surface area contributed by atoms with E-state index in [2.05, 4.69) is 4.98 Å². The third kappa shape index (κ3) is 6.30. The summed E-state index contributed by atoms with van der Waals surface area (Å²) in [6.07, 6.45) is 0. The Morgan fingerprint density at radius 1 is 0.614 bits per heavy atom. The van der Waals surface area contributed by atoms with Gasteiger partial charge in [-0.25, -0.2) is 4.39 Å². The SMILES string of the molecule is O=C(OCc1ccccc1)C(C(=O)OCc1ccccc1)C(c1ccc(F)cc1)c1c(-c2ccccc2)[nH]c2ccccc12. The minimum atomic E-state index is -1.39. The van der Waals surface area contributed by atoms with E-state index in [4.69, 9.17) is 9.47 Å². The van der Waals surface area contributed by atoms with Crippen molar-refractivity contribution in [3.63, 3.8) is 0 Å². The number of hydrogen-bond donors (Lipinski definition) is 1. The molecular weight excluding hydrogens is 553 g/mol. The van der Waals surface area contributed by atoms with Crippen LogP contribution in [-0.4, -0.2) is 16.9 Å². The molecule has 0 bridgehead atoms. The number of fused-ring (bicyclic) bond motifs is 1. The molecular formula is C38H30FNO4. The summed E-state index contributed by atoms with van der Waals surface area (Å²) in [5.74, 6) is -4.15. The van der Waals surface area contributed by atoms with Gasteiger partial charge in [0.15, 0.2) is 5.92 Å². The molecule has 0 aliphatic carbocycles. The summed E-state index contributed by atoms with van der Waals surface area (Å²) in [5, 5.41) is 0.831. The predicted octanol–water partition coefficient (Wildman–Crippen LogP) is 8.21. The lowest BCUT2D eigenvalue weighted by atomic mass is 9.78. The number of para-hydroxylation sites is 1. The van der Waals surface area contributed by atoms with Crippen LogP contribution in [0.15, 0.2) is 140 Å². The summed E-state index contributed by atoms with van der Waals surface area (Å²) in [6, 6.07) is 41.9. The maximum Gasteiger partial charge on any atom is 0.321 e. The molecule has 0 aliphatic rings. The van der Waals surface area contributed by atoms with Crippen molar-refractivity contribution in [3.05, 3.63) is 168 Å². The molecule has 6 heteroatoms. The summed E-state index contributed by atoms with van der Waals surface area (Å²) >= 11 is 0. The third-order valence-corrected chi connectivity index (χ3v) is 7.64. The molecule has 0 amide bonds. The Morgan fingerprint density at radius 3 is 1.68 bits per heavy atom. The Morgan fingerprint density at radius 2 is 1.11 bits per heavy atom. The van der Waals surface area contributed by atoms with Crippen molar-refractivity contribution < 1.29 is 23.5 Å². The number of aromatic nitrogens is 1. The average molecular weight is 584 g/mol. The smallest absolute Gasteiger partial charge is 0.321 e. The van der Waals surface area contributed by atoms with E-state index in [1.54, 1.807) is 12.1 Å². The van der Waals surface area contributed by atoms with Crippen LogP contribution in [0, 0.1) is 11.7 Å². The molecule has 1 heterocycles. The second kappa shape index (κ2) is 13.2. The molecule has 0 aliphatic heterocycles. The molecule has 5 aromatic carbocycles. The van der Waals surface area contributed by atoms with Crippen molar-refractivity contribution in [1.82, 2.24) is 4.98 Å². The summed E-state index contributed by atoms with van der Waals surface area (Å²) in [5.41, 5.74) is 5.32. The molecule has 6 rings (SSSR count). The van der Waals surface area contributed by atoms with Crippen molar-refractivity contribution >= 4 is 22.8 Å². The quantitative estimate of drug-likeness (QED) is 0.130. The first-order valence-corrected chi connectivity index (χ1v) is 14.4. The van der Waals surface area contributed by atoms with Crippen molar-refractivity contribution in [2.45, 2.75) is 19.1 Å². The van der Waals surface area contributed by atoms with Gasteiger partial charge in [-0.1, -0.05) is 121 Å². The van der Waals surface area contributed by atoms with Gasteiger partial charge in [0.1, 0.15) is 19.0 Å². The number of rotatable bonds is 10. The second-order valence-electron chi connectivity index (χ2n) is 10.5. The van der Waals surface area contributed by atoms with Crippen LogP contribution in [0.1, 0.15) is 28.2 Å². The van der Waals surface area contributed by atoms with E-state index in [1.807, 2.05) is 115 Å². The molecule has 0 saturated heterocycles. The molecule has 0 spiro atoms. The first-order chi connectivity index (χ1) is 21.6. The van der Waals surface area contributed by atoms with Crippen LogP contribution >= 0.6 is 0 Å². The molecule has 218 valence electrons. The number of halogens is 1. The summed E-state index contributed by atoms with van der Waals surface area (Å²) in [6.45, 7) is -0.0323. The zero-order valence-electron chi connectivity index (χ0n) is 23.9. The molecule has 6 aromatic rings. The third-order valence-electron chi connectivity index (χ3n) is 7.64. The summed E-state index contributed by atoms with van der Waals surface area (Å²) < 4.78 is 25.9. The minimum Gasteiger partial charge on any atom is -0.460 e. The van der Waals surface area contributed by atoms with Crippen molar-refractivity contribution in [3.8, 4) is 11.3 Å². The van der Waals surface area contributed by atoms with Gasteiger partial charge in [0.2, 0.25) is 0 Å². The average Bonchev–Trinajstić information content (AvgIpc) is 3.46. The molecule has 5 nitrogen and oxygen atoms in total. The van der Waals surface area contributed by atoms with Crippen LogP contribution in [-0.2, 0) is 32.3 Å². The molecule has 0 fully saturated rings. The Hall–Kier alpha value is -5.49. The van der Waals surface area contributed by atoms with Crippen LogP contribution in [0.2, 0.25) is 0 Å². The number of H-pyrrole nitrogens is 1. The Bertz CT molecular complexity index is 1800. The normalized spacial score (nSPS) is 11.8. The molecule has 44 heavy (non-hydrogen) atoms. The molecule has 0 saturated carbocycles. The number of esters is 2. The number of hydrogen-bond acceptors (Lipinski definition) is 4. The Labute approximate surface area is 254 Å². The molecule has 0 radical (unpaired) electrons. The topological polar surface area (TPSA) is 68.4 Å². The summed E-state index contributed by atoms with van der Waals surface area (Å²) in [7, 11) is 0. The number of carbonyl (C=O) groups is 2. The van der Waals surface area contributed by atoms with Crippen LogP contribution in [0.25, 0.3) is 22.2 Å². The lowest BCUT2D eigenvalue weighted by molar-refractivity contribution is -0.164. The fourth-order valence-corrected chi connectivity index (χ4v) is 5.52. The van der Waals surface area contributed by atoms with Gasteiger partial charge in [0.05, 0.1) is 5.69 Å². The zero-order chi connectivity index (χ0) is 30.3. The van der Waals surface area contributed by atoms with E-state index >= 15 is 0 Å². The highest BCUT2D eigenvalue weighted by molar-refractivity contribution is 6.00. The van der Waals surface area contributed by atoms with E-state index in [9.17, 15) is 14.0 Å². The molecule has 1 atom stereocenters. The Kier molecular flexibility index (Phi) is 8.60. The first-order valence-electron chi connectivity index (χ1n) is 14.4. The summed E-state index contributed by atoms with van der Waals surface area (Å²) in [4.78, 5) is 31.8. The minimum absolute atomic E-state index is 0.0162. The maximum atomic E-state index is 14.2. The van der Waals surface area contributed by atoms with E-state index in [0.717, 1.165) is 38.9 Å². The van der Waals surface area contributed by atoms with Crippen molar-refractivity contribution in [1.29, 1.82) is 0 Å². The monoisotopic (exact) mass is 583 g/mol. The van der Waals surface area contributed by atoms with E-state index in [1.165, 1.54) is 12.1 Å². The van der Waals surface area contributed by atoms with Gasteiger partial charge in [-0.2, -0.15) is 0 Å². The highest BCUT2D eigenvalue weighted by Gasteiger charge is 2.42. The van der Waals surface area contributed by atoms with Crippen molar-refractivity contribution in [2.75, 3.05) is 0 Å². The molecule has 1 N–H and O–H groups in total. The van der Waals surface area contributed by atoms with Gasteiger partial charge in [-0.3, -0.25) is 9.59 Å². The van der Waals surface area contributed by atoms with E-state index in [0.29, 0.717) is 5.56 Å². The van der Waals surface area contributed by atoms with Gasteiger partial charge in [-0.05, 0) is 46.0 Å². The van der Waals surface area contributed by atoms with Gasteiger partial charge in [0, 0.05) is 16.8 Å². The lowest BCUT2D eigenvalue weighted by Gasteiger charge is -2.26. The number of benzene rings is 5. The lowest BCUT2D eigenvalue weighted by Crippen LogP contribution is -2.34. The van der Waals surface area contributed by atoms with Gasteiger partial charge >= 0.3 is 11.9 Å². The second-order valence-corrected chi connectivity index (χ2v) is 10.5. The highest BCUT2D eigenvalue weighted by Crippen LogP contribution is 2.43. The van der Waals surface area contributed by atoms with Gasteiger partial charge in [0.25, 0.3) is 0 Å². The first kappa shape index (κ1) is 28.6. The molecule has 1 aromatic heterocycles. The number of carbonyl (C=O) groups excluding carboxylic acids is 2. The van der Waals surface area contributed by atoms with E-state index in [-0.39, 0.29) is 13.2 Å². The molecule has 1 unspecified atom stereocenters. The van der Waals surface area contributed by atoms with Crippen LogP contribution < -0.4 is 0 Å². The number of ether oxygens (including phenoxy) is 2. The fraction of sp³-hybridized carbons (Fsp3) is 0.105. The Balaban J connectivity index is 1.50. The maximum absolute atomic E-state index is 14.2. The van der Waals surface area contributed by atoms with Gasteiger partial charge < -0.3 is 14.5 Å². The van der Waals surface area contributed by atoms with Crippen LogP contribution in [0.3, 0.4) is 0 Å². The van der Waals surface area contributed by atoms with Crippen LogP contribution in [0.5, 0.6) is 0 Å². The standard InChI is InChI=1S/C38H30FNO4/c39-30-22-20-28(21-23-30)33(34-31-18-10-11-19-32(31)40-36(34)29-16-8-3-9-17-29)35(37(41)43-24-26-12-4-1-5-13-26)38(42)44-25-27-14-6-2-7-15-27/h1-23,33,35,40H,24-25H2. The highest BCUT2D eigenvalue weighted by atomic mass is 19.1. The zero-order valence-corrected chi connectivity index (χ0v) is 23.9. The van der Waals surface area contributed by atoms with Crippen molar-refractivity contribution in [2.24, 2.45) is 5.92 Å². The number of aromatic amines is 1. The largest absolute Gasteiger partial charge is 0.460 e.